The SMILES string of the molecule is O=C([C@@H]1CCCN(C2CNC2)C1)N1CCOCC1. The molecule has 0 aliphatic carbocycles. The largest absolute Gasteiger partial charge is 0.378 e. The maximum absolute atomic E-state index is 12.5. The normalized spacial score (nSPS) is 31.1. The predicted molar refractivity (Wildman–Crippen MR) is 68.4 cm³/mol. The second-order valence-corrected chi connectivity index (χ2v) is 5.58. The number of nitrogens with one attached hydrogen (secondary N) is 1. The molecule has 0 bridgehead atoms. The molecule has 1 N–H and O–H groups in total. The van der Waals surface area contributed by atoms with Gasteiger partial charge in [-0.1, -0.05) is 0 Å². The lowest BCUT2D eigenvalue weighted by Crippen LogP contribution is -2.60. The van der Waals surface area contributed by atoms with Crippen molar-refractivity contribution in [3.05, 3.63) is 0 Å². The van der Waals surface area contributed by atoms with Crippen LogP contribution >= 0.6 is 0 Å². The van der Waals surface area contributed by atoms with Gasteiger partial charge in [-0.2, -0.15) is 0 Å². The van der Waals surface area contributed by atoms with Gasteiger partial charge in [0.2, 0.25) is 5.91 Å². The molecule has 0 aromatic carbocycles. The summed E-state index contributed by atoms with van der Waals surface area (Å²) in [5.74, 6) is 0.577. The third-order valence-corrected chi connectivity index (χ3v) is 4.40. The molecule has 0 spiro atoms. The summed E-state index contributed by atoms with van der Waals surface area (Å²) in [6, 6.07) is 0.672. The van der Waals surface area contributed by atoms with Gasteiger partial charge in [-0.25, -0.2) is 0 Å². The number of amides is 1. The minimum atomic E-state index is 0.220. The van der Waals surface area contributed by atoms with Gasteiger partial charge in [0.05, 0.1) is 19.1 Å². The molecule has 5 nitrogen and oxygen atoms in total. The molecule has 3 fully saturated rings. The zero-order valence-corrected chi connectivity index (χ0v) is 10.9. The summed E-state index contributed by atoms with van der Waals surface area (Å²) in [5.41, 5.74) is 0. The topological polar surface area (TPSA) is 44.8 Å². The van der Waals surface area contributed by atoms with E-state index in [0.29, 0.717) is 25.2 Å². The van der Waals surface area contributed by atoms with Crippen LogP contribution < -0.4 is 5.32 Å². The number of carbonyl (C=O) groups is 1. The lowest BCUT2D eigenvalue weighted by atomic mass is 9.94. The Morgan fingerprint density at radius 3 is 2.61 bits per heavy atom. The van der Waals surface area contributed by atoms with Crippen molar-refractivity contribution in [1.82, 2.24) is 15.1 Å². The summed E-state index contributed by atoms with van der Waals surface area (Å²) in [4.78, 5) is 17.0. The number of likely N-dealkylation sites (tertiary alicyclic amines) is 1. The number of morpholine rings is 1. The molecule has 0 saturated carbocycles. The van der Waals surface area contributed by atoms with Crippen molar-refractivity contribution >= 4 is 5.91 Å². The van der Waals surface area contributed by atoms with Gasteiger partial charge in [0.25, 0.3) is 0 Å². The Balaban J connectivity index is 1.55. The van der Waals surface area contributed by atoms with Crippen LogP contribution in [0.15, 0.2) is 0 Å². The molecule has 0 unspecified atom stereocenters. The number of hydrogen-bond donors (Lipinski definition) is 1. The van der Waals surface area contributed by atoms with Gasteiger partial charge < -0.3 is 15.0 Å². The highest BCUT2D eigenvalue weighted by Gasteiger charge is 2.34. The van der Waals surface area contributed by atoms with E-state index in [4.69, 9.17) is 4.74 Å². The van der Waals surface area contributed by atoms with Crippen molar-refractivity contribution < 1.29 is 9.53 Å². The molecular weight excluding hydrogens is 230 g/mol. The number of piperidine rings is 1. The first-order chi connectivity index (χ1) is 8.84. The van der Waals surface area contributed by atoms with Crippen LogP contribution in [-0.2, 0) is 9.53 Å². The maximum Gasteiger partial charge on any atom is 0.227 e. The first-order valence-corrected chi connectivity index (χ1v) is 7.16. The number of ether oxygens (including phenoxy) is 1. The zero-order valence-electron chi connectivity index (χ0n) is 10.9. The number of rotatable bonds is 2. The third-order valence-electron chi connectivity index (χ3n) is 4.40. The summed E-state index contributed by atoms with van der Waals surface area (Å²) < 4.78 is 5.31. The minimum Gasteiger partial charge on any atom is -0.378 e. The minimum absolute atomic E-state index is 0.220. The molecular formula is C13H23N3O2. The predicted octanol–water partition coefficient (Wildman–Crippen LogP) is -0.471. The molecule has 0 radical (unpaired) electrons. The Morgan fingerprint density at radius 1 is 1.17 bits per heavy atom. The Bertz CT molecular complexity index is 301. The highest BCUT2D eigenvalue weighted by molar-refractivity contribution is 5.79. The fourth-order valence-corrected chi connectivity index (χ4v) is 3.11. The van der Waals surface area contributed by atoms with E-state index in [-0.39, 0.29) is 5.92 Å². The molecule has 1 amide bonds. The second-order valence-electron chi connectivity index (χ2n) is 5.58. The van der Waals surface area contributed by atoms with Crippen LogP contribution in [-0.4, -0.2) is 74.2 Å². The van der Waals surface area contributed by atoms with E-state index in [0.717, 1.165) is 45.6 Å². The summed E-state index contributed by atoms with van der Waals surface area (Å²) in [5, 5.41) is 3.31. The Kier molecular flexibility index (Phi) is 3.82. The fourth-order valence-electron chi connectivity index (χ4n) is 3.11. The van der Waals surface area contributed by atoms with Crippen molar-refractivity contribution in [2.75, 3.05) is 52.5 Å². The lowest BCUT2D eigenvalue weighted by Gasteiger charge is -2.43. The monoisotopic (exact) mass is 253 g/mol. The molecule has 1 atom stereocenters. The molecule has 18 heavy (non-hydrogen) atoms. The molecule has 0 aromatic rings. The Labute approximate surface area is 108 Å². The molecule has 102 valence electrons. The summed E-state index contributed by atoms with van der Waals surface area (Å²) >= 11 is 0. The van der Waals surface area contributed by atoms with Crippen LogP contribution in [0.25, 0.3) is 0 Å². The summed E-state index contributed by atoms with van der Waals surface area (Å²) in [7, 11) is 0. The van der Waals surface area contributed by atoms with Crippen LogP contribution in [0.4, 0.5) is 0 Å². The van der Waals surface area contributed by atoms with E-state index >= 15 is 0 Å². The van der Waals surface area contributed by atoms with Crippen LogP contribution in [0.3, 0.4) is 0 Å². The van der Waals surface area contributed by atoms with Crippen LogP contribution in [0, 0.1) is 5.92 Å². The first kappa shape index (κ1) is 12.4. The van der Waals surface area contributed by atoms with Crippen molar-refractivity contribution in [2.45, 2.75) is 18.9 Å². The quantitative estimate of drug-likeness (QED) is 0.722. The van der Waals surface area contributed by atoms with E-state index < -0.39 is 0 Å². The van der Waals surface area contributed by atoms with Crippen LogP contribution in [0.1, 0.15) is 12.8 Å². The molecule has 3 heterocycles. The van der Waals surface area contributed by atoms with E-state index in [1.54, 1.807) is 0 Å². The van der Waals surface area contributed by atoms with Gasteiger partial charge >= 0.3 is 0 Å². The van der Waals surface area contributed by atoms with E-state index in [1.807, 2.05) is 4.90 Å². The maximum atomic E-state index is 12.5. The Hall–Kier alpha value is -0.650. The summed E-state index contributed by atoms with van der Waals surface area (Å²) in [6.45, 7) is 7.28. The van der Waals surface area contributed by atoms with Gasteiger partial charge in [-0.3, -0.25) is 9.69 Å². The molecule has 3 aliphatic heterocycles. The van der Waals surface area contributed by atoms with E-state index in [2.05, 4.69) is 10.2 Å². The van der Waals surface area contributed by atoms with Crippen molar-refractivity contribution in [3.8, 4) is 0 Å². The average Bonchev–Trinajstić information content (AvgIpc) is 2.37. The molecule has 3 saturated heterocycles. The smallest absolute Gasteiger partial charge is 0.227 e. The van der Waals surface area contributed by atoms with E-state index in [1.165, 1.54) is 6.54 Å². The van der Waals surface area contributed by atoms with Gasteiger partial charge in [0.15, 0.2) is 0 Å². The van der Waals surface area contributed by atoms with Crippen LogP contribution in [0.2, 0.25) is 0 Å². The molecule has 3 rings (SSSR count). The average molecular weight is 253 g/mol. The van der Waals surface area contributed by atoms with Crippen molar-refractivity contribution in [1.29, 1.82) is 0 Å². The van der Waals surface area contributed by atoms with Gasteiger partial charge in [-0.05, 0) is 19.4 Å². The molecule has 5 heteroatoms. The summed E-state index contributed by atoms with van der Waals surface area (Å²) in [6.07, 6.45) is 2.23. The highest BCUT2D eigenvalue weighted by Crippen LogP contribution is 2.22. The van der Waals surface area contributed by atoms with Crippen molar-refractivity contribution in [2.24, 2.45) is 5.92 Å². The van der Waals surface area contributed by atoms with Crippen LogP contribution in [0.5, 0.6) is 0 Å². The number of carbonyl (C=O) groups excluding carboxylic acids is 1. The van der Waals surface area contributed by atoms with Crippen molar-refractivity contribution in [3.63, 3.8) is 0 Å². The molecule has 3 aliphatic rings. The molecule has 0 aromatic heterocycles. The second kappa shape index (κ2) is 5.55. The highest BCUT2D eigenvalue weighted by atomic mass is 16.5. The lowest BCUT2D eigenvalue weighted by molar-refractivity contribution is -0.142. The van der Waals surface area contributed by atoms with Gasteiger partial charge in [-0.15, -0.1) is 0 Å². The fraction of sp³-hybridized carbons (Fsp3) is 0.923. The Morgan fingerprint density at radius 2 is 1.94 bits per heavy atom. The first-order valence-electron chi connectivity index (χ1n) is 7.16. The van der Waals surface area contributed by atoms with E-state index in [9.17, 15) is 4.79 Å². The van der Waals surface area contributed by atoms with Gasteiger partial charge in [0, 0.05) is 38.8 Å². The van der Waals surface area contributed by atoms with Gasteiger partial charge in [0.1, 0.15) is 0 Å². The standard InChI is InChI=1S/C13H23N3O2/c17-13(15-4-6-18-7-5-15)11-2-1-3-16(10-11)12-8-14-9-12/h11-12,14H,1-10H2/t11-/m1/s1. The zero-order chi connectivity index (χ0) is 12.4. The third kappa shape index (κ3) is 2.53. The number of nitrogens with zero attached hydrogens (tertiary/aromatic N) is 2. The number of hydrogen-bond acceptors (Lipinski definition) is 4.